The Morgan fingerprint density at radius 1 is 0.971 bits per heavy atom. The molecule has 10 nitrogen and oxygen atoms in total. The normalized spacial score (nSPS) is 10.5. The van der Waals surface area contributed by atoms with E-state index in [-0.39, 0.29) is 34.9 Å². The highest BCUT2D eigenvalue weighted by molar-refractivity contribution is 5.96. The molecule has 4 rings (SSSR count). The zero-order valence-corrected chi connectivity index (χ0v) is 18.1. The fourth-order valence-electron chi connectivity index (χ4n) is 3.21. The zero-order valence-electron chi connectivity index (χ0n) is 18.1. The van der Waals surface area contributed by atoms with Gasteiger partial charge in [-0.3, -0.25) is 14.9 Å². The summed E-state index contributed by atoms with van der Waals surface area (Å²) in [6.45, 7) is -0.326. The van der Waals surface area contributed by atoms with Gasteiger partial charge in [0.25, 0.3) is 5.91 Å². The van der Waals surface area contributed by atoms with Gasteiger partial charge in [0.1, 0.15) is 16.9 Å². The van der Waals surface area contributed by atoms with Crippen molar-refractivity contribution in [1.29, 1.82) is 0 Å². The van der Waals surface area contributed by atoms with Crippen LogP contribution in [0.15, 0.2) is 88.1 Å². The average molecular weight is 474 g/mol. The molecule has 0 saturated carbocycles. The van der Waals surface area contributed by atoms with Crippen LogP contribution in [0.4, 0.5) is 5.69 Å². The lowest BCUT2D eigenvalue weighted by Crippen LogP contribution is -2.27. The molecular formula is C25H18N2O8. The van der Waals surface area contributed by atoms with Crippen molar-refractivity contribution in [3.8, 4) is 11.5 Å². The molecule has 4 aromatic rings. The number of rotatable bonds is 8. The highest BCUT2D eigenvalue weighted by Crippen LogP contribution is 2.26. The Hall–Kier alpha value is -4.99. The van der Waals surface area contributed by atoms with Crippen molar-refractivity contribution in [3.63, 3.8) is 0 Å². The molecule has 0 spiro atoms. The van der Waals surface area contributed by atoms with E-state index in [1.54, 1.807) is 0 Å². The maximum atomic E-state index is 12.5. The molecule has 1 amide bonds. The third-order valence-electron chi connectivity index (χ3n) is 4.89. The Labute approximate surface area is 197 Å². The Kier molecular flexibility index (Phi) is 6.82. The molecule has 0 aliphatic rings. The molecule has 0 unspecified atom stereocenters. The molecule has 0 radical (unpaired) electrons. The monoisotopic (exact) mass is 474 g/mol. The summed E-state index contributed by atoms with van der Waals surface area (Å²) in [6, 6.07) is 20.6. The second kappa shape index (κ2) is 10.3. The summed E-state index contributed by atoms with van der Waals surface area (Å²) in [5.74, 6) is -1.40. The van der Waals surface area contributed by atoms with Crippen molar-refractivity contribution in [2.45, 2.75) is 6.54 Å². The van der Waals surface area contributed by atoms with Gasteiger partial charge in [-0.25, -0.2) is 9.59 Å². The minimum atomic E-state index is -0.841. The van der Waals surface area contributed by atoms with Crippen molar-refractivity contribution < 1.29 is 28.4 Å². The number of benzene rings is 3. The lowest BCUT2D eigenvalue weighted by molar-refractivity contribution is -0.385. The first-order valence-corrected chi connectivity index (χ1v) is 10.4. The van der Waals surface area contributed by atoms with Crippen LogP contribution >= 0.6 is 0 Å². The van der Waals surface area contributed by atoms with E-state index < -0.39 is 29.0 Å². The minimum absolute atomic E-state index is 0.0677. The molecule has 0 bridgehead atoms. The first kappa shape index (κ1) is 23.2. The molecule has 35 heavy (non-hydrogen) atoms. The number of hydrogen-bond acceptors (Lipinski definition) is 8. The fourth-order valence-corrected chi connectivity index (χ4v) is 3.21. The number of nitro benzene ring substituents is 1. The molecule has 0 aliphatic heterocycles. The second-order valence-electron chi connectivity index (χ2n) is 7.30. The molecule has 1 heterocycles. The maximum absolute atomic E-state index is 12.5. The number of carbonyl (C=O) groups is 2. The highest BCUT2D eigenvalue weighted by Gasteiger charge is 2.17. The van der Waals surface area contributed by atoms with Crippen LogP contribution in [0.25, 0.3) is 11.0 Å². The first-order chi connectivity index (χ1) is 16.9. The number of fused-ring (bicyclic) bond motifs is 1. The molecule has 176 valence electrons. The van der Waals surface area contributed by atoms with Crippen molar-refractivity contribution in [2.75, 3.05) is 6.61 Å². The van der Waals surface area contributed by atoms with Crippen LogP contribution in [0.5, 0.6) is 11.5 Å². The van der Waals surface area contributed by atoms with E-state index in [1.165, 1.54) is 48.5 Å². The molecule has 0 aliphatic carbocycles. The van der Waals surface area contributed by atoms with E-state index >= 15 is 0 Å². The van der Waals surface area contributed by atoms with Gasteiger partial charge in [-0.2, -0.15) is 0 Å². The average Bonchev–Trinajstić information content (AvgIpc) is 2.86. The molecule has 0 atom stereocenters. The second-order valence-corrected chi connectivity index (χ2v) is 7.30. The minimum Gasteiger partial charge on any atom is -0.475 e. The number of nitro groups is 1. The van der Waals surface area contributed by atoms with Gasteiger partial charge >= 0.3 is 17.3 Å². The number of amides is 1. The molecule has 0 saturated heterocycles. The van der Waals surface area contributed by atoms with Crippen LogP contribution in [0.3, 0.4) is 0 Å². The molecule has 3 aromatic carbocycles. The Morgan fingerprint density at radius 2 is 1.71 bits per heavy atom. The number of nitrogens with one attached hydrogen (secondary N) is 1. The number of nitrogens with zero attached hydrogens (tertiary/aromatic N) is 1. The molecule has 1 N–H and O–H groups in total. The van der Waals surface area contributed by atoms with Crippen molar-refractivity contribution in [1.82, 2.24) is 5.32 Å². The first-order valence-electron chi connectivity index (χ1n) is 10.4. The fraction of sp³-hybridized carbons (Fsp3) is 0.0800. The van der Waals surface area contributed by atoms with Crippen molar-refractivity contribution in [3.05, 3.63) is 111 Å². The quantitative estimate of drug-likeness (QED) is 0.134. The summed E-state index contributed by atoms with van der Waals surface area (Å²) in [7, 11) is 0. The summed E-state index contributed by atoms with van der Waals surface area (Å²) in [4.78, 5) is 47.4. The predicted molar refractivity (Wildman–Crippen MR) is 124 cm³/mol. The third kappa shape index (κ3) is 5.69. The van der Waals surface area contributed by atoms with Gasteiger partial charge in [-0.15, -0.1) is 0 Å². The Bertz CT molecular complexity index is 1460. The third-order valence-corrected chi connectivity index (χ3v) is 4.89. The van der Waals surface area contributed by atoms with Gasteiger partial charge in [-0.1, -0.05) is 42.5 Å². The van der Waals surface area contributed by atoms with E-state index in [0.717, 1.165) is 5.56 Å². The van der Waals surface area contributed by atoms with Gasteiger partial charge in [0, 0.05) is 24.1 Å². The van der Waals surface area contributed by atoms with Crippen LogP contribution in [0, 0.1) is 10.1 Å². The summed E-state index contributed by atoms with van der Waals surface area (Å²) in [5, 5.41) is 14.1. The van der Waals surface area contributed by atoms with E-state index in [4.69, 9.17) is 13.9 Å². The highest BCUT2D eigenvalue weighted by atomic mass is 16.6. The van der Waals surface area contributed by atoms with Crippen LogP contribution in [0.2, 0.25) is 0 Å². The van der Waals surface area contributed by atoms with Gasteiger partial charge in [0.15, 0.2) is 12.4 Å². The van der Waals surface area contributed by atoms with E-state index in [9.17, 15) is 24.5 Å². The predicted octanol–water partition coefficient (Wildman–Crippen LogP) is 3.62. The van der Waals surface area contributed by atoms with Gasteiger partial charge in [0.2, 0.25) is 0 Å². The Morgan fingerprint density at radius 3 is 2.49 bits per heavy atom. The van der Waals surface area contributed by atoms with Crippen molar-refractivity contribution in [2.24, 2.45) is 0 Å². The van der Waals surface area contributed by atoms with Crippen molar-refractivity contribution >= 4 is 28.5 Å². The van der Waals surface area contributed by atoms with Crippen LogP contribution in [0.1, 0.15) is 15.9 Å². The number of para-hydroxylation sites is 2. The summed E-state index contributed by atoms with van der Waals surface area (Å²) < 4.78 is 15.6. The number of carbonyl (C=O) groups excluding carboxylic acids is 2. The van der Waals surface area contributed by atoms with Crippen LogP contribution in [-0.4, -0.2) is 23.4 Å². The lowest BCUT2D eigenvalue weighted by atomic mass is 10.1. The largest absolute Gasteiger partial charge is 0.475 e. The molecule has 10 heteroatoms. The molecule has 1 aromatic heterocycles. The topological polar surface area (TPSA) is 138 Å². The van der Waals surface area contributed by atoms with E-state index in [2.05, 4.69) is 5.32 Å². The number of hydrogen-bond donors (Lipinski definition) is 1. The summed E-state index contributed by atoms with van der Waals surface area (Å²) in [5.41, 5.74) is -0.290. The summed E-state index contributed by atoms with van der Waals surface area (Å²) in [6.07, 6.45) is 0. The maximum Gasteiger partial charge on any atom is 0.349 e. The lowest BCUT2D eigenvalue weighted by Gasteiger charge is -2.08. The van der Waals surface area contributed by atoms with E-state index in [1.807, 2.05) is 30.3 Å². The van der Waals surface area contributed by atoms with Crippen LogP contribution < -0.4 is 20.4 Å². The molecular weight excluding hydrogens is 456 g/mol. The Balaban J connectivity index is 1.42. The smallest absolute Gasteiger partial charge is 0.349 e. The summed E-state index contributed by atoms with van der Waals surface area (Å²) >= 11 is 0. The van der Waals surface area contributed by atoms with E-state index in [0.29, 0.717) is 5.39 Å². The van der Waals surface area contributed by atoms with Gasteiger partial charge < -0.3 is 19.2 Å². The van der Waals surface area contributed by atoms with Gasteiger partial charge in [0.05, 0.1) is 4.92 Å². The number of ether oxygens (including phenoxy) is 2. The van der Waals surface area contributed by atoms with Gasteiger partial charge in [-0.05, 0) is 29.8 Å². The molecule has 0 fully saturated rings. The van der Waals surface area contributed by atoms with Crippen LogP contribution in [-0.2, 0) is 11.3 Å². The SMILES string of the molecule is O=C(COc1ccccc1[N+](=O)[O-])Oc1ccc2cc(C(=O)NCc3ccccc3)c(=O)oc2c1. The standard InChI is InChI=1S/C25H18N2O8/c28-23(15-33-21-9-5-4-8-20(21)27(31)32)34-18-11-10-17-12-19(25(30)35-22(17)13-18)24(29)26-14-16-6-2-1-3-7-16/h1-13H,14-15H2,(H,26,29). The zero-order chi connectivity index (χ0) is 24.8. The number of esters is 1.